The Balaban J connectivity index is 2.55. The van der Waals surface area contributed by atoms with Crippen LogP contribution in [-0.4, -0.2) is 56.6 Å². The van der Waals surface area contributed by atoms with Gasteiger partial charge in [-0.25, -0.2) is 9.69 Å². The molecule has 0 saturated carbocycles. The Morgan fingerprint density at radius 2 is 1.61 bits per heavy atom. The molecular weight excluding hydrogens is 524 g/mol. The maximum absolute atomic E-state index is 13.4. The van der Waals surface area contributed by atoms with Gasteiger partial charge in [-0.15, -0.1) is 0 Å². The monoisotopic (exact) mass is 558 g/mol. The van der Waals surface area contributed by atoms with Crippen molar-refractivity contribution in [1.82, 2.24) is 9.80 Å². The average Bonchev–Trinajstić information content (AvgIpc) is 2.71. The van der Waals surface area contributed by atoms with E-state index in [0.717, 1.165) is 47.6 Å². The van der Waals surface area contributed by atoms with Gasteiger partial charge >= 0.3 is 5.97 Å². The first kappa shape index (κ1) is 26.4. The second-order valence-corrected chi connectivity index (χ2v) is 10.5. The fourth-order valence-electron chi connectivity index (χ4n) is 3.88. The summed E-state index contributed by atoms with van der Waals surface area (Å²) >= 11 is 6.99. The number of unbranched alkanes of at least 4 members (excludes halogenated alkanes) is 2. The molecule has 1 heterocycles. The van der Waals surface area contributed by atoms with E-state index in [-0.39, 0.29) is 12.0 Å². The molecule has 0 radical (unpaired) electrons. The highest BCUT2D eigenvalue weighted by atomic mass is 79.9. The molecule has 2 rings (SSSR count). The standard InChI is InChI=1S/C24H36Br2N2O3/c1-18-20(22(29)31-24(2,3)4)21(19-12-6-5-7-13-19)28(17-11-9-15-26)23(30)27(18)16-10-8-14-25/h5-7,12-13,21,23,30H,8-11,14-17H2,1-4H3. The number of ether oxygens (including phenoxy) is 1. The molecule has 0 amide bonds. The van der Waals surface area contributed by atoms with Gasteiger partial charge in [0.2, 0.25) is 0 Å². The maximum Gasteiger partial charge on any atom is 0.338 e. The van der Waals surface area contributed by atoms with Crippen LogP contribution in [0.3, 0.4) is 0 Å². The summed E-state index contributed by atoms with van der Waals surface area (Å²) in [5, 5.41) is 13.2. The summed E-state index contributed by atoms with van der Waals surface area (Å²) in [6.45, 7) is 8.96. The van der Waals surface area contributed by atoms with Crippen LogP contribution in [0.2, 0.25) is 0 Å². The molecule has 7 heteroatoms. The van der Waals surface area contributed by atoms with Crippen molar-refractivity contribution < 1.29 is 14.6 Å². The van der Waals surface area contributed by atoms with E-state index in [1.54, 1.807) is 0 Å². The Labute approximate surface area is 204 Å². The fourth-order valence-corrected chi connectivity index (χ4v) is 4.68. The summed E-state index contributed by atoms with van der Waals surface area (Å²) < 4.78 is 5.84. The van der Waals surface area contributed by atoms with Crippen molar-refractivity contribution in [3.63, 3.8) is 0 Å². The van der Waals surface area contributed by atoms with Crippen molar-refractivity contribution in [1.29, 1.82) is 0 Å². The average molecular weight is 560 g/mol. The van der Waals surface area contributed by atoms with Crippen molar-refractivity contribution >= 4 is 37.8 Å². The van der Waals surface area contributed by atoms with Crippen molar-refractivity contribution in [2.24, 2.45) is 0 Å². The Morgan fingerprint density at radius 3 is 2.16 bits per heavy atom. The van der Waals surface area contributed by atoms with E-state index >= 15 is 0 Å². The second kappa shape index (κ2) is 12.4. The number of halogens is 2. The zero-order valence-electron chi connectivity index (χ0n) is 19.1. The molecule has 31 heavy (non-hydrogen) atoms. The Bertz CT molecular complexity index is 734. The number of aliphatic hydroxyl groups is 1. The minimum Gasteiger partial charge on any atom is -0.457 e. The molecule has 0 saturated heterocycles. The van der Waals surface area contributed by atoms with Gasteiger partial charge in [-0.2, -0.15) is 0 Å². The van der Waals surface area contributed by atoms with Crippen LogP contribution in [0.5, 0.6) is 0 Å². The van der Waals surface area contributed by atoms with Crippen LogP contribution in [0.4, 0.5) is 0 Å². The highest BCUT2D eigenvalue weighted by Gasteiger charge is 2.42. The number of benzene rings is 1. The quantitative estimate of drug-likeness (QED) is 0.230. The number of carbonyl (C=O) groups excluding carboxylic acids is 1. The highest BCUT2D eigenvalue weighted by molar-refractivity contribution is 9.09. The molecule has 0 spiro atoms. The number of nitrogens with zero attached hydrogens (tertiary/aromatic N) is 2. The molecule has 1 aliphatic heterocycles. The maximum atomic E-state index is 13.4. The third-order valence-corrected chi connectivity index (χ3v) is 6.44. The van der Waals surface area contributed by atoms with Crippen molar-refractivity contribution in [2.75, 3.05) is 23.7 Å². The second-order valence-electron chi connectivity index (χ2n) is 8.88. The van der Waals surface area contributed by atoms with Crippen LogP contribution in [0.15, 0.2) is 41.6 Å². The minimum absolute atomic E-state index is 0.318. The van der Waals surface area contributed by atoms with Gasteiger partial charge < -0.3 is 14.7 Å². The van der Waals surface area contributed by atoms with Gasteiger partial charge in [0.1, 0.15) is 5.60 Å². The van der Waals surface area contributed by atoms with Gasteiger partial charge in [-0.05, 0) is 58.9 Å². The smallest absolute Gasteiger partial charge is 0.338 e. The topological polar surface area (TPSA) is 53.0 Å². The van der Waals surface area contributed by atoms with E-state index in [1.807, 2.05) is 67.8 Å². The van der Waals surface area contributed by atoms with E-state index in [1.165, 1.54) is 0 Å². The number of aliphatic hydroxyl groups excluding tert-OH is 1. The van der Waals surface area contributed by atoms with Gasteiger partial charge in [0.05, 0.1) is 11.6 Å². The largest absolute Gasteiger partial charge is 0.457 e. The molecule has 0 bridgehead atoms. The van der Waals surface area contributed by atoms with Gasteiger partial charge in [0, 0.05) is 29.4 Å². The number of rotatable bonds is 10. The lowest BCUT2D eigenvalue weighted by Gasteiger charge is -2.48. The van der Waals surface area contributed by atoms with Crippen LogP contribution in [0.25, 0.3) is 0 Å². The van der Waals surface area contributed by atoms with Crippen LogP contribution in [0, 0.1) is 0 Å². The van der Waals surface area contributed by atoms with Crippen LogP contribution in [0.1, 0.15) is 65.0 Å². The first-order chi connectivity index (χ1) is 14.7. The molecule has 0 aromatic heterocycles. The number of esters is 1. The molecule has 5 nitrogen and oxygen atoms in total. The van der Waals surface area contributed by atoms with Crippen molar-refractivity contribution in [3.8, 4) is 0 Å². The first-order valence-corrected chi connectivity index (χ1v) is 13.3. The molecule has 0 aliphatic carbocycles. The summed E-state index contributed by atoms with van der Waals surface area (Å²) in [7, 11) is 0. The van der Waals surface area contributed by atoms with E-state index < -0.39 is 12.0 Å². The number of hydrogen-bond acceptors (Lipinski definition) is 5. The number of carbonyl (C=O) groups is 1. The Hall–Kier alpha value is -0.890. The van der Waals surface area contributed by atoms with Gasteiger partial charge in [0.25, 0.3) is 0 Å². The first-order valence-electron chi connectivity index (χ1n) is 11.0. The molecule has 2 atom stereocenters. The summed E-state index contributed by atoms with van der Waals surface area (Å²) in [4.78, 5) is 17.4. The van der Waals surface area contributed by atoms with Gasteiger partial charge in [-0.3, -0.25) is 0 Å². The van der Waals surface area contributed by atoms with Crippen molar-refractivity contribution in [3.05, 3.63) is 47.2 Å². The number of alkyl halides is 2. The minimum atomic E-state index is -0.790. The molecule has 2 unspecified atom stereocenters. The molecule has 1 aromatic carbocycles. The summed E-state index contributed by atoms with van der Waals surface area (Å²) in [5.41, 5.74) is 1.80. The molecule has 174 valence electrons. The summed E-state index contributed by atoms with van der Waals surface area (Å²) in [5.74, 6) is -0.318. The number of hydrogen-bond donors (Lipinski definition) is 1. The zero-order valence-corrected chi connectivity index (χ0v) is 22.3. The normalized spacial score (nSPS) is 20.3. The lowest BCUT2D eigenvalue weighted by Crippen LogP contribution is -2.55. The van der Waals surface area contributed by atoms with E-state index in [0.29, 0.717) is 18.7 Å². The highest BCUT2D eigenvalue weighted by Crippen LogP contribution is 2.40. The van der Waals surface area contributed by atoms with Crippen LogP contribution < -0.4 is 0 Å². The SMILES string of the molecule is CC1=C(C(=O)OC(C)(C)C)C(c2ccccc2)N(CCCCBr)C(O)N1CCCCBr. The van der Waals surface area contributed by atoms with Crippen LogP contribution in [-0.2, 0) is 9.53 Å². The van der Waals surface area contributed by atoms with Crippen LogP contribution >= 0.6 is 31.9 Å². The molecule has 1 aliphatic rings. The molecule has 0 fully saturated rings. The van der Waals surface area contributed by atoms with E-state index in [9.17, 15) is 9.90 Å². The lowest BCUT2D eigenvalue weighted by atomic mass is 9.92. The Morgan fingerprint density at radius 1 is 1.03 bits per heavy atom. The van der Waals surface area contributed by atoms with Gasteiger partial charge in [-0.1, -0.05) is 62.2 Å². The molecule has 1 aromatic rings. The number of allylic oxidation sites excluding steroid dienone is 1. The zero-order chi connectivity index (χ0) is 23.0. The third-order valence-electron chi connectivity index (χ3n) is 5.32. The Kier molecular flexibility index (Phi) is 10.5. The predicted octanol–water partition coefficient (Wildman–Crippen LogP) is 5.59. The third kappa shape index (κ3) is 7.31. The van der Waals surface area contributed by atoms with Gasteiger partial charge in [0.15, 0.2) is 6.35 Å². The summed E-state index contributed by atoms with van der Waals surface area (Å²) in [6, 6.07) is 9.61. The van der Waals surface area contributed by atoms with E-state index in [2.05, 4.69) is 31.9 Å². The van der Waals surface area contributed by atoms with E-state index in [4.69, 9.17) is 4.74 Å². The molecular formula is C24H36Br2N2O3. The lowest BCUT2D eigenvalue weighted by molar-refractivity contribution is -0.157. The summed E-state index contributed by atoms with van der Waals surface area (Å²) in [6.07, 6.45) is 3.05. The fraction of sp³-hybridized carbons (Fsp3) is 0.625. The molecule has 1 N–H and O–H groups in total. The van der Waals surface area contributed by atoms with Crippen molar-refractivity contribution in [2.45, 2.75) is 71.4 Å². The predicted molar refractivity (Wildman–Crippen MR) is 133 cm³/mol.